The lowest BCUT2D eigenvalue weighted by Gasteiger charge is -2.08. The van der Waals surface area contributed by atoms with Crippen molar-refractivity contribution in [2.75, 3.05) is 7.11 Å². The monoisotopic (exact) mass is 252 g/mol. The van der Waals surface area contributed by atoms with Crippen LogP contribution in [0.25, 0.3) is 0 Å². The highest BCUT2D eigenvalue weighted by molar-refractivity contribution is 5.89. The molecule has 94 valence electrons. The minimum absolute atomic E-state index is 0.0347. The lowest BCUT2D eigenvalue weighted by atomic mass is 10.1. The van der Waals surface area contributed by atoms with E-state index in [9.17, 15) is 22.4 Å². The van der Waals surface area contributed by atoms with Crippen molar-refractivity contribution in [3.8, 4) is 0 Å². The minimum atomic E-state index is -4.78. The third-order valence-electron chi connectivity index (χ3n) is 1.84. The third-order valence-corrected chi connectivity index (χ3v) is 1.84. The molecule has 0 radical (unpaired) electrons. The number of rotatable bonds is 3. The summed E-state index contributed by atoms with van der Waals surface area (Å²) in [6, 6.07) is 2.98. The second-order valence-corrected chi connectivity index (χ2v) is 3.04. The molecule has 0 amide bonds. The first kappa shape index (κ1) is 13.4. The van der Waals surface area contributed by atoms with E-state index in [4.69, 9.17) is 0 Å². The largest absolute Gasteiger partial charge is 0.522 e. The van der Waals surface area contributed by atoms with Crippen LogP contribution in [-0.4, -0.2) is 19.4 Å². The molecule has 0 atom stereocenters. The van der Waals surface area contributed by atoms with E-state index in [-0.39, 0.29) is 11.1 Å². The van der Waals surface area contributed by atoms with Crippen LogP contribution in [0.15, 0.2) is 18.2 Å². The summed E-state index contributed by atoms with van der Waals surface area (Å²) >= 11 is 0. The number of hydrogen-bond donors (Lipinski definition) is 0. The third kappa shape index (κ3) is 4.03. The van der Waals surface area contributed by atoms with Gasteiger partial charge >= 0.3 is 12.3 Å². The van der Waals surface area contributed by atoms with Crippen molar-refractivity contribution in [3.63, 3.8) is 0 Å². The lowest BCUT2D eigenvalue weighted by molar-refractivity contribution is -0.330. The Kier molecular flexibility index (Phi) is 4.06. The molecule has 1 rings (SSSR count). The molecule has 0 saturated heterocycles. The van der Waals surface area contributed by atoms with Crippen LogP contribution in [0.2, 0.25) is 0 Å². The molecule has 1 aromatic rings. The second kappa shape index (κ2) is 5.13. The number of esters is 1. The molecule has 0 aliphatic heterocycles. The molecule has 0 aliphatic rings. The van der Waals surface area contributed by atoms with Gasteiger partial charge in [0.2, 0.25) is 0 Å². The van der Waals surface area contributed by atoms with Gasteiger partial charge in [-0.15, -0.1) is 13.2 Å². The smallest absolute Gasteiger partial charge is 0.465 e. The Morgan fingerprint density at radius 3 is 2.47 bits per heavy atom. The number of hydrogen-bond acceptors (Lipinski definition) is 3. The fourth-order valence-corrected chi connectivity index (χ4v) is 1.09. The van der Waals surface area contributed by atoms with Crippen LogP contribution in [0.3, 0.4) is 0 Å². The Hall–Kier alpha value is -1.63. The lowest BCUT2D eigenvalue weighted by Crippen LogP contribution is -2.13. The number of carbonyl (C=O) groups is 1. The first-order valence-corrected chi connectivity index (χ1v) is 4.41. The zero-order valence-electron chi connectivity index (χ0n) is 8.68. The van der Waals surface area contributed by atoms with Gasteiger partial charge in [-0.25, -0.2) is 9.18 Å². The van der Waals surface area contributed by atoms with Crippen molar-refractivity contribution in [2.45, 2.75) is 13.0 Å². The van der Waals surface area contributed by atoms with Crippen molar-refractivity contribution >= 4 is 5.97 Å². The standard InChI is InChI=1S/C10H8F4O3/c1-16-9(15)7-3-2-6(4-8(7)11)5-17-10(12,13)14/h2-4H,5H2,1H3. The van der Waals surface area contributed by atoms with Crippen molar-refractivity contribution in [2.24, 2.45) is 0 Å². The van der Waals surface area contributed by atoms with Crippen LogP contribution >= 0.6 is 0 Å². The predicted octanol–water partition coefficient (Wildman–Crippen LogP) is 2.65. The van der Waals surface area contributed by atoms with Crippen molar-refractivity contribution in [1.29, 1.82) is 0 Å². The number of benzene rings is 1. The Labute approximate surface area is 93.9 Å². The van der Waals surface area contributed by atoms with Crippen LogP contribution in [0.1, 0.15) is 15.9 Å². The molecule has 0 aliphatic carbocycles. The summed E-state index contributed by atoms with van der Waals surface area (Å²) in [5.41, 5.74) is -0.379. The van der Waals surface area contributed by atoms with Crippen LogP contribution in [-0.2, 0) is 16.1 Å². The molecule has 0 fully saturated rings. The highest BCUT2D eigenvalue weighted by Gasteiger charge is 2.29. The van der Waals surface area contributed by atoms with E-state index in [1.807, 2.05) is 0 Å². The van der Waals surface area contributed by atoms with Gasteiger partial charge in [0, 0.05) is 0 Å². The fourth-order valence-electron chi connectivity index (χ4n) is 1.09. The maximum Gasteiger partial charge on any atom is 0.522 e. The van der Waals surface area contributed by atoms with Crippen LogP contribution in [0, 0.1) is 5.82 Å². The maximum atomic E-state index is 13.3. The van der Waals surface area contributed by atoms with Crippen LogP contribution in [0.4, 0.5) is 17.6 Å². The molecule has 0 unspecified atom stereocenters. The highest BCUT2D eigenvalue weighted by Crippen LogP contribution is 2.20. The van der Waals surface area contributed by atoms with Crippen molar-refractivity contribution in [1.82, 2.24) is 0 Å². The van der Waals surface area contributed by atoms with E-state index >= 15 is 0 Å². The molecule has 0 aromatic heterocycles. The summed E-state index contributed by atoms with van der Waals surface area (Å²) in [6.45, 7) is -0.818. The Morgan fingerprint density at radius 1 is 1.35 bits per heavy atom. The summed E-state index contributed by atoms with van der Waals surface area (Å²) in [6.07, 6.45) is -4.78. The quantitative estimate of drug-likeness (QED) is 0.612. The van der Waals surface area contributed by atoms with Gasteiger partial charge in [0.15, 0.2) is 0 Å². The van der Waals surface area contributed by atoms with Crippen LogP contribution in [0.5, 0.6) is 0 Å². The van der Waals surface area contributed by atoms with Crippen LogP contribution < -0.4 is 0 Å². The SMILES string of the molecule is COC(=O)c1ccc(COC(F)(F)F)cc1F. The normalized spacial score (nSPS) is 11.4. The average Bonchev–Trinajstić information content (AvgIpc) is 2.24. The Balaban J connectivity index is 2.79. The molecule has 0 heterocycles. The van der Waals surface area contributed by atoms with Gasteiger partial charge in [-0.05, 0) is 17.7 Å². The Bertz CT molecular complexity index is 415. The zero-order valence-corrected chi connectivity index (χ0v) is 8.68. The van der Waals surface area contributed by atoms with E-state index in [0.29, 0.717) is 0 Å². The summed E-state index contributed by atoms with van der Waals surface area (Å²) in [7, 11) is 1.07. The molecule has 1 aromatic carbocycles. The number of methoxy groups -OCH3 is 1. The van der Waals surface area contributed by atoms with Gasteiger partial charge in [0.05, 0.1) is 19.3 Å². The molecule has 7 heteroatoms. The van der Waals surface area contributed by atoms with E-state index in [1.54, 1.807) is 0 Å². The van der Waals surface area contributed by atoms with Gasteiger partial charge in [-0.3, -0.25) is 4.74 Å². The maximum absolute atomic E-state index is 13.3. The Morgan fingerprint density at radius 2 is 2.00 bits per heavy atom. The van der Waals surface area contributed by atoms with Gasteiger partial charge in [-0.1, -0.05) is 6.07 Å². The van der Waals surface area contributed by atoms with E-state index in [2.05, 4.69) is 9.47 Å². The zero-order chi connectivity index (χ0) is 13.1. The first-order valence-electron chi connectivity index (χ1n) is 4.41. The molecular formula is C10H8F4O3. The average molecular weight is 252 g/mol. The number of alkyl halides is 3. The van der Waals surface area contributed by atoms with Crippen molar-refractivity contribution in [3.05, 3.63) is 35.1 Å². The summed E-state index contributed by atoms with van der Waals surface area (Å²) in [4.78, 5) is 11.0. The molecule has 0 saturated carbocycles. The minimum Gasteiger partial charge on any atom is -0.465 e. The number of halogens is 4. The topological polar surface area (TPSA) is 35.5 Å². The summed E-state index contributed by atoms with van der Waals surface area (Å²) in [5.74, 6) is -1.86. The molecule has 17 heavy (non-hydrogen) atoms. The van der Waals surface area contributed by atoms with Crippen molar-refractivity contribution < 1.29 is 31.8 Å². The van der Waals surface area contributed by atoms with E-state index < -0.39 is 24.8 Å². The summed E-state index contributed by atoms with van der Waals surface area (Å²) in [5, 5.41) is 0. The van der Waals surface area contributed by atoms with Gasteiger partial charge < -0.3 is 4.74 Å². The molecule has 0 N–H and O–H groups in total. The van der Waals surface area contributed by atoms with E-state index in [1.165, 1.54) is 0 Å². The van der Waals surface area contributed by atoms with Gasteiger partial charge in [-0.2, -0.15) is 0 Å². The predicted molar refractivity (Wildman–Crippen MR) is 48.6 cm³/mol. The second-order valence-electron chi connectivity index (χ2n) is 3.04. The van der Waals surface area contributed by atoms with Gasteiger partial charge in [0.25, 0.3) is 0 Å². The summed E-state index contributed by atoms with van der Waals surface area (Å²) < 4.78 is 56.2. The van der Waals surface area contributed by atoms with Gasteiger partial charge in [0.1, 0.15) is 5.82 Å². The fraction of sp³-hybridized carbons (Fsp3) is 0.300. The molecule has 0 bridgehead atoms. The molecule has 0 spiro atoms. The number of carbonyl (C=O) groups excluding carboxylic acids is 1. The van der Waals surface area contributed by atoms with E-state index in [0.717, 1.165) is 25.3 Å². The number of ether oxygens (including phenoxy) is 2. The molecular weight excluding hydrogens is 244 g/mol. The first-order chi connectivity index (χ1) is 7.83. The molecule has 3 nitrogen and oxygen atoms in total. The highest BCUT2D eigenvalue weighted by atomic mass is 19.4.